The fraction of sp³-hybridized carbons (Fsp3) is 1.00. The van der Waals surface area contributed by atoms with Crippen LogP contribution in [-0.2, 0) is 4.74 Å². The van der Waals surface area contributed by atoms with Crippen LogP contribution in [0.1, 0.15) is 33.1 Å². The van der Waals surface area contributed by atoms with Crippen LogP contribution in [0.3, 0.4) is 0 Å². The van der Waals surface area contributed by atoms with E-state index in [0.29, 0.717) is 0 Å². The quantitative estimate of drug-likeness (QED) is 0.597. The Bertz CT molecular complexity index is 73.8. The van der Waals surface area contributed by atoms with Crippen molar-refractivity contribution in [2.45, 2.75) is 38.7 Å². The molecule has 0 unspecified atom stereocenters. The Morgan fingerprint density at radius 1 is 1.30 bits per heavy atom. The van der Waals surface area contributed by atoms with Gasteiger partial charge in [-0.15, -0.1) is 0 Å². The van der Waals surface area contributed by atoms with Gasteiger partial charge in [0.05, 0.1) is 5.60 Å². The lowest BCUT2D eigenvalue weighted by Gasteiger charge is -2.15. The Morgan fingerprint density at radius 3 is 2.30 bits per heavy atom. The highest BCUT2D eigenvalue weighted by Gasteiger charge is 2.10. The minimum Gasteiger partial charge on any atom is -0.390 e. The first-order chi connectivity index (χ1) is 4.56. The highest BCUT2D eigenvalue weighted by Crippen LogP contribution is 2.11. The van der Waals surface area contributed by atoms with Crippen LogP contribution in [0.15, 0.2) is 0 Å². The zero-order chi connectivity index (χ0) is 8.04. The number of rotatable bonds is 5. The van der Waals surface area contributed by atoms with Gasteiger partial charge in [-0.1, -0.05) is 0 Å². The summed E-state index contributed by atoms with van der Waals surface area (Å²) in [5, 5.41) is 9.28. The first-order valence-electron chi connectivity index (χ1n) is 3.77. The maximum atomic E-state index is 9.28. The van der Waals surface area contributed by atoms with E-state index in [1.807, 2.05) is 13.8 Å². The average Bonchev–Trinajstić information content (AvgIpc) is 1.78. The van der Waals surface area contributed by atoms with Crippen molar-refractivity contribution in [2.75, 3.05) is 13.7 Å². The van der Waals surface area contributed by atoms with Gasteiger partial charge in [0, 0.05) is 13.7 Å². The third kappa shape index (κ3) is 7.92. The van der Waals surface area contributed by atoms with Gasteiger partial charge in [-0.3, -0.25) is 0 Å². The topological polar surface area (TPSA) is 29.5 Å². The van der Waals surface area contributed by atoms with Crippen LogP contribution < -0.4 is 0 Å². The Labute approximate surface area is 63.2 Å². The molecule has 0 spiro atoms. The molecular formula is C8H18O2. The first kappa shape index (κ1) is 9.92. The van der Waals surface area contributed by atoms with Crippen LogP contribution >= 0.6 is 0 Å². The van der Waals surface area contributed by atoms with E-state index in [2.05, 4.69) is 0 Å². The maximum Gasteiger partial charge on any atom is 0.0591 e. The summed E-state index contributed by atoms with van der Waals surface area (Å²) in [5.41, 5.74) is -0.506. The summed E-state index contributed by atoms with van der Waals surface area (Å²) in [4.78, 5) is 0. The Morgan fingerprint density at radius 2 is 1.90 bits per heavy atom. The second kappa shape index (κ2) is 4.69. The van der Waals surface area contributed by atoms with Gasteiger partial charge < -0.3 is 9.84 Å². The minimum absolute atomic E-state index is 0.506. The van der Waals surface area contributed by atoms with Crippen molar-refractivity contribution in [3.63, 3.8) is 0 Å². The molecule has 1 N–H and O–H groups in total. The normalized spacial score (nSPS) is 12.0. The van der Waals surface area contributed by atoms with Gasteiger partial charge in [0.25, 0.3) is 0 Å². The maximum absolute atomic E-state index is 9.28. The van der Waals surface area contributed by atoms with E-state index in [4.69, 9.17) is 4.74 Å². The smallest absolute Gasteiger partial charge is 0.0591 e. The predicted molar refractivity (Wildman–Crippen MR) is 42.0 cm³/mol. The average molecular weight is 146 g/mol. The fourth-order valence-electron chi connectivity index (χ4n) is 0.804. The third-order valence-corrected chi connectivity index (χ3v) is 1.39. The molecule has 0 aromatic rings. The third-order valence-electron chi connectivity index (χ3n) is 1.39. The molecule has 0 radical (unpaired) electrons. The molecule has 0 heterocycles. The molecule has 0 aliphatic rings. The number of ether oxygens (including phenoxy) is 1. The van der Waals surface area contributed by atoms with Crippen molar-refractivity contribution >= 4 is 0 Å². The van der Waals surface area contributed by atoms with Gasteiger partial charge in [0.1, 0.15) is 0 Å². The summed E-state index contributed by atoms with van der Waals surface area (Å²) in [6, 6.07) is 0. The molecule has 0 aromatic heterocycles. The fourth-order valence-corrected chi connectivity index (χ4v) is 0.804. The number of methoxy groups -OCH3 is 1. The molecule has 0 saturated carbocycles. The summed E-state index contributed by atoms with van der Waals surface area (Å²) in [5.74, 6) is 0. The minimum atomic E-state index is -0.506. The summed E-state index contributed by atoms with van der Waals surface area (Å²) < 4.78 is 4.87. The van der Waals surface area contributed by atoms with Gasteiger partial charge in [0.2, 0.25) is 0 Å². The highest BCUT2D eigenvalue weighted by molar-refractivity contribution is 4.63. The van der Waals surface area contributed by atoms with Gasteiger partial charge in [-0.25, -0.2) is 0 Å². The van der Waals surface area contributed by atoms with Crippen LogP contribution in [0.5, 0.6) is 0 Å². The van der Waals surface area contributed by atoms with Crippen LogP contribution in [-0.4, -0.2) is 24.4 Å². The summed E-state index contributed by atoms with van der Waals surface area (Å²) in [6.07, 6.45) is 2.94. The van der Waals surface area contributed by atoms with E-state index < -0.39 is 5.60 Å². The first-order valence-corrected chi connectivity index (χ1v) is 3.77. The summed E-state index contributed by atoms with van der Waals surface area (Å²) in [6.45, 7) is 4.47. The molecular weight excluding hydrogens is 128 g/mol. The van der Waals surface area contributed by atoms with Crippen molar-refractivity contribution in [3.8, 4) is 0 Å². The molecule has 0 amide bonds. The van der Waals surface area contributed by atoms with Crippen molar-refractivity contribution in [1.82, 2.24) is 0 Å². The van der Waals surface area contributed by atoms with E-state index in [1.165, 1.54) is 0 Å². The Balaban J connectivity index is 3.04. The van der Waals surface area contributed by atoms with E-state index in [1.54, 1.807) is 7.11 Å². The van der Waals surface area contributed by atoms with Gasteiger partial charge in [0.15, 0.2) is 0 Å². The largest absolute Gasteiger partial charge is 0.390 e. The molecule has 2 heteroatoms. The van der Waals surface area contributed by atoms with E-state index in [0.717, 1.165) is 25.9 Å². The predicted octanol–water partition coefficient (Wildman–Crippen LogP) is 1.57. The number of aliphatic hydroxyl groups is 1. The molecule has 2 nitrogen and oxygen atoms in total. The molecule has 0 atom stereocenters. The van der Waals surface area contributed by atoms with Gasteiger partial charge in [-0.05, 0) is 33.1 Å². The molecule has 0 aliphatic heterocycles. The van der Waals surface area contributed by atoms with Crippen LogP contribution in [0, 0.1) is 0 Å². The molecule has 10 heavy (non-hydrogen) atoms. The monoisotopic (exact) mass is 146 g/mol. The second-order valence-electron chi connectivity index (χ2n) is 3.26. The van der Waals surface area contributed by atoms with Crippen LogP contribution in [0.25, 0.3) is 0 Å². The SMILES string of the molecule is COCCCCC(C)(C)O. The molecule has 0 rings (SSSR count). The van der Waals surface area contributed by atoms with Gasteiger partial charge >= 0.3 is 0 Å². The zero-order valence-corrected chi connectivity index (χ0v) is 7.18. The van der Waals surface area contributed by atoms with E-state index >= 15 is 0 Å². The van der Waals surface area contributed by atoms with Gasteiger partial charge in [-0.2, -0.15) is 0 Å². The van der Waals surface area contributed by atoms with E-state index in [9.17, 15) is 5.11 Å². The molecule has 62 valence electrons. The van der Waals surface area contributed by atoms with E-state index in [-0.39, 0.29) is 0 Å². The van der Waals surface area contributed by atoms with Crippen molar-refractivity contribution in [1.29, 1.82) is 0 Å². The second-order valence-corrected chi connectivity index (χ2v) is 3.26. The molecule has 0 bridgehead atoms. The summed E-state index contributed by atoms with van der Waals surface area (Å²) in [7, 11) is 1.70. The van der Waals surface area contributed by atoms with Crippen molar-refractivity contribution in [3.05, 3.63) is 0 Å². The molecule has 0 aliphatic carbocycles. The molecule has 0 saturated heterocycles. The lowest BCUT2D eigenvalue weighted by atomic mass is 10.0. The number of hydrogen-bond acceptors (Lipinski definition) is 2. The van der Waals surface area contributed by atoms with Crippen LogP contribution in [0.4, 0.5) is 0 Å². The highest BCUT2D eigenvalue weighted by atomic mass is 16.5. The van der Waals surface area contributed by atoms with Crippen molar-refractivity contribution in [2.24, 2.45) is 0 Å². The molecule has 0 fully saturated rings. The lowest BCUT2D eigenvalue weighted by molar-refractivity contribution is 0.0653. The number of unbranched alkanes of at least 4 members (excludes halogenated alkanes) is 1. The number of hydrogen-bond donors (Lipinski definition) is 1. The standard InChI is InChI=1S/C8H18O2/c1-8(2,9)6-4-5-7-10-3/h9H,4-7H2,1-3H3. The lowest BCUT2D eigenvalue weighted by Crippen LogP contribution is -2.17. The Hall–Kier alpha value is -0.0800. The summed E-state index contributed by atoms with van der Waals surface area (Å²) >= 11 is 0. The molecule has 0 aromatic carbocycles. The Kier molecular flexibility index (Phi) is 4.65. The van der Waals surface area contributed by atoms with Crippen LogP contribution in [0.2, 0.25) is 0 Å². The van der Waals surface area contributed by atoms with Crippen molar-refractivity contribution < 1.29 is 9.84 Å². The zero-order valence-electron chi connectivity index (χ0n) is 7.18.